The van der Waals surface area contributed by atoms with E-state index in [0.29, 0.717) is 17.1 Å². The number of aliphatic imine (C=N–C) groups is 1. The second-order valence-electron chi connectivity index (χ2n) is 5.60. The molecule has 0 radical (unpaired) electrons. The number of benzene rings is 1. The SMILES string of the molecule is Cc1[nH]cnc1CSCCN=C(N)n1[nH]cc(-c2ccc(Cl)cc2)c1=O. The molecule has 0 atom stereocenters. The number of nitrogens with one attached hydrogen (secondary N) is 2. The molecular formula is C17H19ClN6OS. The Hall–Kier alpha value is -2.45. The topological polar surface area (TPSA) is 105 Å². The van der Waals surface area contributed by atoms with Crippen molar-refractivity contribution in [1.82, 2.24) is 19.7 Å². The van der Waals surface area contributed by atoms with Crippen LogP contribution >= 0.6 is 23.4 Å². The Morgan fingerprint density at radius 3 is 2.85 bits per heavy atom. The van der Waals surface area contributed by atoms with Crippen LogP contribution in [0.25, 0.3) is 11.1 Å². The third-order valence-electron chi connectivity index (χ3n) is 3.84. The second kappa shape index (κ2) is 8.29. The molecule has 1 aromatic carbocycles. The van der Waals surface area contributed by atoms with E-state index in [2.05, 4.69) is 20.1 Å². The molecule has 0 aliphatic carbocycles. The molecule has 3 rings (SSSR count). The van der Waals surface area contributed by atoms with E-state index in [1.807, 2.05) is 6.92 Å². The van der Waals surface area contributed by atoms with Crippen molar-refractivity contribution in [3.63, 3.8) is 0 Å². The van der Waals surface area contributed by atoms with Crippen LogP contribution < -0.4 is 11.3 Å². The van der Waals surface area contributed by atoms with Crippen LogP contribution in [0.15, 0.2) is 46.6 Å². The number of H-pyrrole nitrogens is 2. The minimum absolute atomic E-state index is 0.145. The third kappa shape index (κ3) is 4.20. The van der Waals surface area contributed by atoms with Crippen LogP contribution in [0.1, 0.15) is 11.4 Å². The summed E-state index contributed by atoms with van der Waals surface area (Å²) in [7, 11) is 0. The molecule has 2 heterocycles. The molecule has 0 unspecified atom stereocenters. The van der Waals surface area contributed by atoms with E-state index in [4.69, 9.17) is 17.3 Å². The molecule has 0 saturated heterocycles. The summed E-state index contributed by atoms with van der Waals surface area (Å²) in [6.07, 6.45) is 3.31. The lowest BCUT2D eigenvalue weighted by Crippen LogP contribution is -2.32. The highest BCUT2D eigenvalue weighted by Gasteiger charge is 2.10. The summed E-state index contributed by atoms with van der Waals surface area (Å²) >= 11 is 7.60. The van der Waals surface area contributed by atoms with Crippen LogP contribution in [0.4, 0.5) is 0 Å². The van der Waals surface area contributed by atoms with E-state index in [1.165, 1.54) is 4.68 Å². The molecule has 0 saturated carbocycles. The molecule has 7 nitrogen and oxygen atoms in total. The minimum atomic E-state index is -0.242. The molecule has 3 aromatic rings. The molecule has 26 heavy (non-hydrogen) atoms. The summed E-state index contributed by atoms with van der Waals surface area (Å²) in [5, 5.41) is 3.47. The average molecular weight is 391 g/mol. The van der Waals surface area contributed by atoms with Crippen LogP contribution in [0.2, 0.25) is 5.02 Å². The van der Waals surface area contributed by atoms with Crippen LogP contribution in [-0.4, -0.2) is 38.0 Å². The monoisotopic (exact) mass is 390 g/mol. The smallest absolute Gasteiger partial charge is 0.281 e. The van der Waals surface area contributed by atoms with Gasteiger partial charge < -0.3 is 10.7 Å². The first-order chi connectivity index (χ1) is 12.6. The van der Waals surface area contributed by atoms with E-state index in [9.17, 15) is 4.79 Å². The molecule has 9 heteroatoms. The summed E-state index contributed by atoms with van der Waals surface area (Å²) in [4.78, 5) is 24.1. The molecule has 0 aliphatic rings. The molecule has 2 aromatic heterocycles. The Bertz CT molecular complexity index is 956. The Morgan fingerprint density at radius 2 is 2.15 bits per heavy atom. The van der Waals surface area contributed by atoms with Crippen molar-refractivity contribution in [2.45, 2.75) is 12.7 Å². The maximum absolute atomic E-state index is 12.5. The Morgan fingerprint density at radius 1 is 1.38 bits per heavy atom. The number of imidazole rings is 1. The van der Waals surface area contributed by atoms with Gasteiger partial charge in [-0.25, -0.2) is 4.98 Å². The molecule has 136 valence electrons. The van der Waals surface area contributed by atoms with Crippen molar-refractivity contribution < 1.29 is 0 Å². The first-order valence-corrected chi connectivity index (χ1v) is 9.53. The van der Waals surface area contributed by atoms with Gasteiger partial charge >= 0.3 is 0 Å². The standard InChI is InChI=1S/C17H19ClN6OS/c1-11-15(22-10-21-11)9-26-7-6-20-17(19)24-16(25)14(8-23-24)12-2-4-13(18)5-3-12/h2-5,8,10,23H,6-7,9H2,1H3,(H2,19,20)(H,21,22). The lowest BCUT2D eigenvalue weighted by Gasteiger charge is -2.01. The van der Waals surface area contributed by atoms with Crippen molar-refractivity contribution in [2.24, 2.45) is 10.7 Å². The predicted octanol–water partition coefficient (Wildman–Crippen LogP) is 2.62. The molecule has 0 bridgehead atoms. The van der Waals surface area contributed by atoms with Gasteiger partial charge in [-0.3, -0.25) is 14.9 Å². The number of nitrogens with zero attached hydrogens (tertiary/aromatic N) is 3. The van der Waals surface area contributed by atoms with Crippen molar-refractivity contribution in [3.05, 3.63) is 63.6 Å². The van der Waals surface area contributed by atoms with Gasteiger partial charge in [0.2, 0.25) is 5.96 Å². The number of hydrogen-bond acceptors (Lipinski definition) is 4. The van der Waals surface area contributed by atoms with Gasteiger partial charge in [-0.05, 0) is 24.6 Å². The maximum Gasteiger partial charge on any atom is 0.281 e. The third-order valence-corrected chi connectivity index (χ3v) is 5.04. The number of nitrogens with two attached hydrogens (primary N) is 1. The van der Waals surface area contributed by atoms with Gasteiger partial charge in [-0.2, -0.15) is 16.4 Å². The maximum atomic E-state index is 12.5. The zero-order chi connectivity index (χ0) is 18.5. The van der Waals surface area contributed by atoms with Gasteiger partial charge in [0.05, 0.1) is 24.1 Å². The van der Waals surface area contributed by atoms with Gasteiger partial charge in [0, 0.05) is 28.4 Å². The van der Waals surface area contributed by atoms with Crippen LogP contribution in [0.3, 0.4) is 0 Å². The fourth-order valence-corrected chi connectivity index (χ4v) is 3.35. The number of aromatic amines is 2. The summed E-state index contributed by atoms with van der Waals surface area (Å²) in [5.74, 6) is 1.74. The van der Waals surface area contributed by atoms with Crippen molar-refractivity contribution in [2.75, 3.05) is 12.3 Å². The van der Waals surface area contributed by atoms with E-state index < -0.39 is 0 Å². The average Bonchev–Trinajstić information content (AvgIpc) is 3.21. The van der Waals surface area contributed by atoms with Crippen molar-refractivity contribution in [3.8, 4) is 11.1 Å². The predicted molar refractivity (Wildman–Crippen MR) is 107 cm³/mol. The number of aromatic nitrogens is 4. The van der Waals surface area contributed by atoms with Crippen LogP contribution in [0, 0.1) is 6.92 Å². The number of aryl methyl sites for hydroxylation is 1. The van der Waals surface area contributed by atoms with Gasteiger partial charge in [-0.1, -0.05) is 23.7 Å². The van der Waals surface area contributed by atoms with Crippen molar-refractivity contribution >= 4 is 29.3 Å². The van der Waals surface area contributed by atoms with Gasteiger partial charge in [-0.15, -0.1) is 0 Å². The van der Waals surface area contributed by atoms with Crippen molar-refractivity contribution in [1.29, 1.82) is 0 Å². The highest BCUT2D eigenvalue weighted by atomic mass is 35.5. The summed E-state index contributed by atoms with van der Waals surface area (Å²) in [6, 6.07) is 7.06. The Kier molecular flexibility index (Phi) is 5.85. The fourth-order valence-electron chi connectivity index (χ4n) is 2.37. The highest BCUT2D eigenvalue weighted by Crippen LogP contribution is 2.17. The largest absolute Gasteiger partial charge is 0.368 e. The lowest BCUT2D eigenvalue weighted by atomic mass is 10.1. The van der Waals surface area contributed by atoms with E-state index in [0.717, 1.165) is 28.5 Å². The Balaban J connectivity index is 1.60. The van der Waals surface area contributed by atoms with E-state index in [-0.39, 0.29) is 11.5 Å². The molecular weight excluding hydrogens is 372 g/mol. The summed E-state index contributed by atoms with van der Waals surface area (Å²) in [5.41, 5.74) is 9.11. The summed E-state index contributed by atoms with van der Waals surface area (Å²) in [6.45, 7) is 2.51. The molecule has 0 amide bonds. The lowest BCUT2D eigenvalue weighted by molar-refractivity contribution is 0.877. The molecule has 4 N–H and O–H groups in total. The van der Waals surface area contributed by atoms with Gasteiger partial charge in [0.1, 0.15) is 0 Å². The fraction of sp³-hybridized carbons (Fsp3) is 0.235. The number of halogens is 1. The zero-order valence-electron chi connectivity index (χ0n) is 14.2. The number of hydrogen-bond donors (Lipinski definition) is 3. The van der Waals surface area contributed by atoms with Gasteiger partial charge in [0.25, 0.3) is 5.56 Å². The number of rotatable bonds is 6. The first kappa shape index (κ1) is 18.3. The van der Waals surface area contributed by atoms with E-state index in [1.54, 1.807) is 48.6 Å². The molecule has 0 aliphatic heterocycles. The van der Waals surface area contributed by atoms with Crippen LogP contribution in [-0.2, 0) is 5.75 Å². The highest BCUT2D eigenvalue weighted by molar-refractivity contribution is 7.98. The zero-order valence-corrected chi connectivity index (χ0v) is 15.8. The molecule has 0 fully saturated rings. The Labute approximate surface area is 159 Å². The van der Waals surface area contributed by atoms with Gasteiger partial charge in [0.15, 0.2) is 0 Å². The molecule has 0 spiro atoms. The second-order valence-corrected chi connectivity index (χ2v) is 7.14. The van der Waals surface area contributed by atoms with E-state index >= 15 is 0 Å². The quantitative estimate of drug-likeness (QED) is 0.342. The minimum Gasteiger partial charge on any atom is -0.368 e. The number of thioether (sulfide) groups is 1. The first-order valence-electron chi connectivity index (χ1n) is 7.99. The summed E-state index contributed by atoms with van der Waals surface area (Å²) < 4.78 is 1.24. The normalized spacial score (nSPS) is 11.8. The van der Waals surface area contributed by atoms with Crippen LogP contribution in [0.5, 0.6) is 0 Å².